The van der Waals surface area contributed by atoms with Gasteiger partial charge in [-0.1, -0.05) is 109 Å². The van der Waals surface area contributed by atoms with Gasteiger partial charge in [-0.15, -0.1) is 0 Å². The Morgan fingerprint density at radius 1 is 0.395 bits per heavy atom. The first-order chi connectivity index (χ1) is 18.8. The Bertz CT molecular complexity index is 1680. The molecule has 6 rings (SSSR count). The van der Waals surface area contributed by atoms with Gasteiger partial charge in [-0.05, 0) is 34.0 Å². The quantitative estimate of drug-likeness (QED) is 0.127. The molecule has 0 aliphatic heterocycles. The van der Waals surface area contributed by atoms with Crippen LogP contribution in [0.2, 0.25) is 0 Å². The molecule has 0 saturated heterocycles. The molecule has 4 nitrogen and oxygen atoms in total. The molecule has 0 radical (unpaired) electrons. The van der Waals surface area contributed by atoms with Crippen LogP contribution in [0.3, 0.4) is 0 Å². The van der Waals surface area contributed by atoms with E-state index >= 15 is 0 Å². The molecule has 0 N–H and O–H groups in total. The molecule has 0 spiro atoms. The summed E-state index contributed by atoms with van der Waals surface area (Å²) in [6.45, 7) is 0. The highest BCUT2D eigenvalue weighted by Gasteiger charge is 2.19. The van der Waals surface area contributed by atoms with E-state index in [1.54, 1.807) is 12.1 Å². The van der Waals surface area contributed by atoms with E-state index in [2.05, 4.69) is 0 Å². The van der Waals surface area contributed by atoms with Gasteiger partial charge in [0.15, 0.2) is 24.1 Å². The van der Waals surface area contributed by atoms with Crippen molar-refractivity contribution in [3.8, 4) is 33.8 Å². The number of carbonyl (C=O) groups is 2. The van der Waals surface area contributed by atoms with Crippen LogP contribution in [0, 0.1) is 0 Å². The lowest BCUT2D eigenvalue weighted by molar-refractivity contribution is -0.0957. The first-order valence-electron chi connectivity index (χ1n) is 12.3. The molecule has 0 aliphatic rings. The molecule has 0 aromatic heterocycles. The first-order valence-corrected chi connectivity index (χ1v) is 12.3. The maximum Gasteiger partial charge on any atom is 0.194 e. The van der Waals surface area contributed by atoms with Crippen LogP contribution < -0.4 is 9.78 Å². The number of benzene rings is 6. The molecule has 0 unspecified atom stereocenters. The van der Waals surface area contributed by atoms with Gasteiger partial charge in [0, 0.05) is 33.0 Å². The summed E-state index contributed by atoms with van der Waals surface area (Å²) in [5.74, 6) is 1.000. The minimum absolute atomic E-state index is 0.500. The molecule has 0 fully saturated rings. The van der Waals surface area contributed by atoms with Crippen molar-refractivity contribution in [1.29, 1.82) is 0 Å². The zero-order chi connectivity index (χ0) is 25.9. The SMILES string of the molecule is O=Cc1ccccc1-c1ccc2ccccc2c1OOc1c(-c2ccccc2C=O)ccc2ccccc12. The van der Waals surface area contributed by atoms with Crippen LogP contribution in [0.25, 0.3) is 43.8 Å². The van der Waals surface area contributed by atoms with Crippen molar-refractivity contribution in [3.05, 3.63) is 132 Å². The fourth-order valence-corrected chi connectivity index (χ4v) is 4.86. The molecule has 0 amide bonds. The van der Waals surface area contributed by atoms with Crippen LogP contribution in [-0.4, -0.2) is 12.6 Å². The van der Waals surface area contributed by atoms with Gasteiger partial charge in [0.2, 0.25) is 0 Å². The summed E-state index contributed by atoms with van der Waals surface area (Å²) in [5, 5.41) is 3.65. The van der Waals surface area contributed by atoms with E-state index in [1.807, 2.05) is 109 Å². The Balaban J connectivity index is 1.54. The van der Waals surface area contributed by atoms with Crippen molar-refractivity contribution < 1.29 is 19.4 Å². The first kappa shape index (κ1) is 23.2. The number of rotatable bonds is 7. The monoisotopic (exact) mass is 494 g/mol. The lowest BCUT2D eigenvalue weighted by Gasteiger charge is -2.18. The van der Waals surface area contributed by atoms with Crippen LogP contribution in [0.1, 0.15) is 20.7 Å². The lowest BCUT2D eigenvalue weighted by atomic mass is 9.96. The highest BCUT2D eigenvalue weighted by atomic mass is 17.2. The van der Waals surface area contributed by atoms with E-state index in [0.717, 1.165) is 56.4 Å². The van der Waals surface area contributed by atoms with E-state index in [1.165, 1.54) is 0 Å². The maximum atomic E-state index is 11.9. The van der Waals surface area contributed by atoms with Crippen LogP contribution in [0.4, 0.5) is 0 Å². The topological polar surface area (TPSA) is 52.6 Å². The predicted molar refractivity (Wildman–Crippen MR) is 151 cm³/mol. The molecule has 0 saturated carbocycles. The molecule has 0 heterocycles. The molecule has 4 heteroatoms. The van der Waals surface area contributed by atoms with Crippen LogP contribution in [-0.2, 0) is 0 Å². The standard InChI is InChI=1S/C34H22O4/c35-21-25-11-3-5-13-27(25)31-19-17-23-9-1-7-15-29(23)33(31)37-38-34-30-16-8-2-10-24(30)18-20-32(34)28-14-6-4-12-26(28)22-36/h1-22H. The van der Waals surface area contributed by atoms with Crippen molar-refractivity contribution in [2.45, 2.75) is 0 Å². The molecule has 6 aromatic rings. The van der Waals surface area contributed by atoms with Crippen molar-refractivity contribution in [1.82, 2.24) is 0 Å². The molecule has 0 bridgehead atoms. The summed E-state index contributed by atoms with van der Waals surface area (Å²) in [4.78, 5) is 36.2. The van der Waals surface area contributed by atoms with E-state index < -0.39 is 0 Å². The highest BCUT2D eigenvalue weighted by molar-refractivity contribution is 6.00. The van der Waals surface area contributed by atoms with Gasteiger partial charge in [0.1, 0.15) is 0 Å². The van der Waals surface area contributed by atoms with Crippen molar-refractivity contribution in [3.63, 3.8) is 0 Å². The maximum absolute atomic E-state index is 11.9. The number of hydrogen-bond donors (Lipinski definition) is 0. The Kier molecular flexibility index (Phi) is 6.12. The second-order valence-electron chi connectivity index (χ2n) is 8.90. The second kappa shape index (κ2) is 10.0. The number of aldehydes is 2. The van der Waals surface area contributed by atoms with Crippen LogP contribution in [0.15, 0.2) is 121 Å². The van der Waals surface area contributed by atoms with Gasteiger partial charge in [0.25, 0.3) is 0 Å². The van der Waals surface area contributed by atoms with E-state index in [0.29, 0.717) is 22.6 Å². The summed E-state index contributed by atoms with van der Waals surface area (Å²) in [7, 11) is 0. The predicted octanol–water partition coefficient (Wildman–Crippen LogP) is 8.32. The lowest BCUT2D eigenvalue weighted by Crippen LogP contribution is -2.05. The van der Waals surface area contributed by atoms with Gasteiger partial charge in [-0.25, -0.2) is 0 Å². The van der Waals surface area contributed by atoms with E-state index in [9.17, 15) is 9.59 Å². The smallest absolute Gasteiger partial charge is 0.194 e. The summed E-state index contributed by atoms with van der Waals surface area (Å²) in [6, 6.07) is 38.4. The summed E-state index contributed by atoms with van der Waals surface area (Å²) >= 11 is 0. The zero-order valence-electron chi connectivity index (χ0n) is 20.3. The molecule has 6 aromatic carbocycles. The number of fused-ring (bicyclic) bond motifs is 2. The third kappa shape index (κ3) is 4.08. The molecular formula is C34H22O4. The fourth-order valence-electron chi connectivity index (χ4n) is 4.86. The minimum Gasteiger partial charge on any atom is -0.298 e. The summed E-state index contributed by atoms with van der Waals surface area (Å²) in [6.07, 6.45) is 1.68. The van der Waals surface area contributed by atoms with Crippen molar-refractivity contribution in [2.75, 3.05) is 0 Å². The fraction of sp³-hybridized carbons (Fsp3) is 0. The van der Waals surface area contributed by atoms with Gasteiger partial charge in [-0.3, -0.25) is 19.4 Å². The van der Waals surface area contributed by atoms with E-state index in [-0.39, 0.29) is 0 Å². The largest absolute Gasteiger partial charge is 0.298 e. The summed E-state index contributed by atoms with van der Waals surface area (Å²) in [5.41, 5.74) is 4.08. The molecule has 0 aliphatic carbocycles. The summed E-state index contributed by atoms with van der Waals surface area (Å²) < 4.78 is 0. The molecule has 182 valence electrons. The minimum atomic E-state index is 0.500. The zero-order valence-corrected chi connectivity index (χ0v) is 20.3. The van der Waals surface area contributed by atoms with Gasteiger partial charge < -0.3 is 0 Å². The van der Waals surface area contributed by atoms with Gasteiger partial charge >= 0.3 is 0 Å². The Hall–Kier alpha value is -5.22. The Morgan fingerprint density at radius 2 is 0.789 bits per heavy atom. The molecule has 0 atom stereocenters. The van der Waals surface area contributed by atoms with Crippen LogP contribution in [0.5, 0.6) is 11.5 Å². The Labute approximate surface area is 219 Å². The van der Waals surface area contributed by atoms with Gasteiger partial charge in [0.05, 0.1) is 0 Å². The van der Waals surface area contributed by atoms with Gasteiger partial charge in [-0.2, -0.15) is 0 Å². The van der Waals surface area contributed by atoms with E-state index in [4.69, 9.17) is 9.78 Å². The van der Waals surface area contributed by atoms with Crippen molar-refractivity contribution >= 4 is 34.1 Å². The third-order valence-corrected chi connectivity index (χ3v) is 6.72. The highest BCUT2D eigenvalue weighted by Crippen LogP contribution is 2.42. The average molecular weight is 495 g/mol. The third-order valence-electron chi connectivity index (χ3n) is 6.72. The molecular weight excluding hydrogens is 472 g/mol. The average Bonchev–Trinajstić information content (AvgIpc) is 2.99. The molecule has 38 heavy (non-hydrogen) atoms. The number of hydrogen-bond acceptors (Lipinski definition) is 4. The van der Waals surface area contributed by atoms with Crippen LogP contribution >= 0.6 is 0 Å². The second-order valence-corrected chi connectivity index (χ2v) is 8.90. The number of carbonyl (C=O) groups excluding carboxylic acids is 2. The normalized spacial score (nSPS) is 10.8. The van der Waals surface area contributed by atoms with Crippen molar-refractivity contribution in [2.24, 2.45) is 0 Å². The Morgan fingerprint density at radius 3 is 1.24 bits per heavy atom.